The number of benzene rings is 3. The lowest BCUT2D eigenvalue weighted by Gasteiger charge is -2.39. The van der Waals surface area contributed by atoms with Crippen LogP contribution in [-0.4, -0.2) is 51.4 Å². The third-order valence-corrected chi connectivity index (χ3v) is 6.12. The van der Waals surface area contributed by atoms with Gasteiger partial charge in [-0.05, 0) is 31.2 Å². The number of hydrogen-bond donors (Lipinski definition) is 2. The Hall–Kier alpha value is -5.31. The van der Waals surface area contributed by atoms with Crippen molar-refractivity contribution < 1.29 is 43.7 Å². The van der Waals surface area contributed by atoms with Gasteiger partial charge >= 0.3 is 17.9 Å². The lowest BCUT2D eigenvalue weighted by atomic mass is 9.74. The van der Waals surface area contributed by atoms with Gasteiger partial charge in [0.25, 0.3) is 5.60 Å². The van der Waals surface area contributed by atoms with Gasteiger partial charge in [0.2, 0.25) is 5.78 Å². The molecule has 3 aromatic carbocycles. The summed E-state index contributed by atoms with van der Waals surface area (Å²) in [6.07, 6.45) is -1.57. The molecule has 0 aromatic heterocycles. The molecular weight excluding hydrogens is 504 g/mol. The van der Waals surface area contributed by atoms with E-state index in [0.29, 0.717) is 6.08 Å². The van der Waals surface area contributed by atoms with Gasteiger partial charge in [0.05, 0.1) is 22.3 Å². The van der Waals surface area contributed by atoms with Gasteiger partial charge in [0, 0.05) is 11.6 Å². The van der Waals surface area contributed by atoms with E-state index < -0.39 is 58.1 Å². The molecule has 9 heteroatoms. The SMILES string of the molecule is CC(=O)C1(OC(=O)c2ccccc2)C(=O)C=C(C(=O)O)C(=C(O)c2ccccc2)C1OC(=O)c1ccccc1. The highest BCUT2D eigenvalue weighted by molar-refractivity contribution is 6.22. The van der Waals surface area contributed by atoms with E-state index in [1.54, 1.807) is 30.3 Å². The molecule has 0 saturated carbocycles. The Kier molecular flexibility index (Phi) is 7.53. The minimum Gasteiger partial charge on any atom is -0.507 e. The number of hydrogen-bond acceptors (Lipinski definition) is 8. The van der Waals surface area contributed by atoms with Crippen LogP contribution in [0.1, 0.15) is 33.2 Å². The molecule has 196 valence electrons. The van der Waals surface area contributed by atoms with Crippen LogP contribution in [0.3, 0.4) is 0 Å². The largest absolute Gasteiger partial charge is 0.507 e. The third-order valence-electron chi connectivity index (χ3n) is 6.12. The fourth-order valence-electron chi connectivity index (χ4n) is 4.17. The van der Waals surface area contributed by atoms with Crippen LogP contribution in [0.5, 0.6) is 0 Å². The molecule has 4 rings (SSSR count). The van der Waals surface area contributed by atoms with E-state index in [-0.39, 0.29) is 16.7 Å². The molecule has 0 saturated heterocycles. The Morgan fingerprint density at radius 1 is 0.718 bits per heavy atom. The first kappa shape index (κ1) is 26.7. The Bertz CT molecular complexity index is 1510. The summed E-state index contributed by atoms with van der Waals surface area (Å²) < 4.78 is 11.2. The van der Waals surface area contributed by atoms with Crippen molar-refractivity contribution in [3.63, 3.8) is 0 Å². The van der Waals surface area contributed by atoms with Crippen LogP contribution >= 0.6 is 0 Å². The van der Waals surface area contributed by atoms with Gasteiger partial charge in [0.1, 0.15) is 5.76 Å². The highest BCUT2D eigenvalue weighted by Gasteiger charge is 2.61. The van der Waals surface area contributed by atoms with E-state index in [1.807, 2.05) is 0 Å². The van der Waals surface area contributed by atoms with Crippen molar-refractivity contribution in [3.05, 3.63) is 125 Å². The average Bonchev–Trinajstić information content (AvgIpc) is 2.95. The summed E-state index contributed by atoms with van der Waals surface area (Å²) in [5.41, 5.74) is -4.09. The van der Waals surface area contributed by atoms with E-state index in [2.05, 4.69) is 0 Å². The highest BCUT2D eigenvalue weighted by Crippen LogP contribution is 2.40. The van der Waals surface area contributed by atoms with E-state index in [1.165, 1.54) is 60.7 Å². The molecule has 9 nitrogen and oxygen atoms in total. The Labute approximate surface area is 222 Å². The number of carboxylic acids is 1. The van der Waals surface area contributed by atoms with Gasteiger partial charge in [-0.3, -0.25) is 9.59 Å². The fourth-order valence-corrected chi connectivity index (χ4v) is 4.17. The molecule has 0 amide bonds. The zero-order chi connectivity index (χ0) is 28.2. The Morgan fingerprint density at radius 3 is 1.64 bits per heavy atom. The van der Waals surface area contributed by atoms with Crippen LogP contribution in [-0.2, 0) is 23.9 Å². The number of aliphatic hydroxyl groups is 1. The first-order valence-corrected chi connectivity index (χ1v) is 11.7. The van der Waals surface area contributed by atoms with Crippen LogP contribution in [0, 0.1) is 0 Å². The van der Waals surface area contributed by atoms with Crippen LogP contribution in [0.2, 0.25) is 0 Å². The number of aliphatic hydroxyl groups excluding tert-OH is 1. The molecule has 2 atom stereocenters. The molecule has 0 spiro atoms. The molecule has 0 fully saturated rings. The van der Waals surface area contributed by atoms with Crippen molar-refractivity contribution in [2.75, 3.05) is 0 Å². The maximum absolute atomic E-state index is 13.5. The number of ketones is 2. The highest BCUT2D eigenvalue weighted by atomic mass is 16.6. The first-order valence-electron chi connectivity index (χ1n) is 11.7. The first-order chi connectivity index (χ1) is 18.7. The van der Waals surface area contributed by atoms with Crippen LogP contribution in [0.4, 0.5) is 0 Å². The van der Waals surface area contributed by atoms with Crippen molar-refractivity contribution >= 4 is 35.2 Å². The number of Topliss-reactive ketones (excluding diaryl/α,β-unsaturated/α-hetero) is 1. The molecule has 39 heavy (non-hydrogen) atoms. The summed E-state index contributed by atoms with van der Waals surface area (Å²) in [7, 11) is 0. The van der Waals surface area contributed by atoms with Gasteiger partial charge < -0.3 is 19.7 Å². The number of carbonyl (C=O) groups is 5. The van der Waals surface area contributed by atoms with E-state index in [4.69, 9.17) is 9.47 Å². The minimum absolute atomic E-state index is 0.00164. The smallest absolute Gasteiger partial charge is 0.339 e. The molecule has 3 aromatic rings. The molecule has 2 N–H and O–H groups in total. The quantitative estimate of drug-likeness (QED) is 0.265. The molecule has 0 bridgehead atoms. The molecule has 2 unspecified atom stereocenters. The van der Waals surface area contributed by atoms with Crippen molar-refractivity contribution in [1.29, 1.82) is 0 Å². The van der Waals surface area contributed by atoms with Gasteiger partial charge in [0.15, 0.2) is 11.9 Å². The topological polar surface area (TPSA) is 144 Å². The van der Waals surface area contributed by atoms with E-state index in [9.17, 15) is 34.2 Å². The van der Waals surface area contributed by atoms with Crippen LogP contribution in [0.15, 0.2) is 108 Å². The second-order valence-electron chi connectivity index (χ2n) is 8.55. The summed E-state index contributed by atoms with van der Waals surface area (Å²) in [5.74, 6) is -6.80. The van der Waals surface area contributed by atoms with Gasteiger partial charge in [-0.15, -0.1) is 0 Å². The van der Waals surface area contributed by atoms with Crippen LogP contribution in [0.25, 0.3) is 5.76 Å². The average molecular weight is 526 g/mol. The molecule has 1 aliphatic rings. The molecule has 0 heterocycles. The fraction of sp³-hybridized carbons (Fsp3) is 0.100. The van der Waals surface area contributed by atoms with Crippen molar-refractivity contribution in [3.8, 4) is 0 Å². The van der Waals surface area contributed by atoms with Crippen molar-refractivity contribution in [2.24, 2.45) is 0 Å². The second kappa shape index (κ2) is 11.0. The number of rotatable bonds is 7. The monoisotopic (exact) mass is 526 g/mol. The van der Waals surface area contributed by atoms with E-state index in [0.717, 1.165) is 6.92 Å². The minimum atomic E-state index is -2.84. The molecular formula is C30H22O9. The maximum Gasteiger partial charge on any atom is 0.339 e. The summed E-state index contributed by atoms with van der Waals surface area (Å²) in [6, 6.07) is 22.6. The number of carbonyl (C=O) groups excluding carboxylic acids is 4. The number of carboxylic acid groups (broad SMARTS) is 1. The predicted molar refractivity (Wildman–Crippen MR) is 138 cm³/mol. The molecule has 1 aliphatic carbocycles. The lowest BCUT2D eigenvalue weighted by molar-refractivity contribution is -0.159. The van der Waals surface area contributed by atoms with Gasteiger partial charge in [-0.2, -0.15) is 0 Å². The number of aliphatic carboxylic acids is 1. The summed E-state index contributed by atoms with van der Waals surface area (Å²) in [6.45, 7) is 0.941. The summed E-state index contributed by atoms with van der Waals surface area (Å²) in [5, 5.41) is 21.3. The second-order valence-corrected chi connectivity index (χ2v) is 8.55. The Balaban J connectivity index is 1.99. The van der Waals surface area contributed by atoms with Gasteiger partial charge in [-0.25, -0.2) is 14.4 Å². The van der Waals surface area contributed by atoms with Crippen molar-refractivity contribution in [1.82, 2.24) is 0 Å². The number of esters is 2. The maximum atomic E-state index is 13.5. The zero-order valence-electron chi connectivity index (χ0n) is 20.6. The number of ether oxygens (including phenoxy) is 2. The van der Waals surface area contributed by atoms with Crippen molar-refractivity contribution in [2.45, 2.75) is 18.6 Å². The molecule has 0 aliphatic heterocycles. The molecule has 0 radical (unpaired) electrons. The third kappa shape index (κ3) is 5.10. The zero-order valence-corrected chi connectivity index (χ0v) is 20.6. The summed E-state index contributed by atoms with van der Waals surface area (Å²) >= 11 is 0. The summed E-state index contributed by atoms with van der Waals surface area (Å²) in [4.78, 5) is 65.4. The normalized spacial score (nSPS) is 19.9. The van der Waals surface area contributed by atoms with Gasteiger partial charge in [-0.1, -0.05) is 66.7 Å². The standard InChI is InChI=1S/C30H22O9/c1-18(31)30(39-29(37)21-15-9-4-10-16-21)23(32)17-22(27(34)35)24(25(33)19-11-5-2-6-12-19)26(30)38-28(36)20-13-7-3-8-14-20/h2-17,26,33H,1H3,(H,34,35). The van der Waals surface area contributed by atoms with Crippen LogP contribution < -0.4 is 0 Å². The Morgan fingerprint density at radius 2 is 1.18 bits per heavy atom. The predicted octanol–water partition coefficient (Wildman–Crippen LogP) is 3.96. The lowest BCUT2D eigenvalue weighted by Crippen LogP contribution is -2.62. The van der Waals surface area contributed by atoms with E-state index >= 15 is 0 Å².